The van der Waals surface area contributed by atoms with Crippen molar-refractivity contribution in [2.45, 2.75) is 11.8 Å². The van der Waals surface area contributed by atoms with E-state index in [0.717, 1.165) is 10.4 Å². The van der Waals surface area contributed by atoms with Crippen LogP contribution in [0, 0.1) is 5.82 Å². The van der Waals surface area contributed by atoms with Gasteiger partial charge in [-0.2, -0.15) is 0 Å². The molecule has 0 fully saturated rings. The highest BCUT2D eigenvalue weighted by Gasteiger charge is 2.28. The fraction of sp³-hybridized carbons (Fsp3) is 0.235. The maximum Gasteiger partial charge on any atom is 0.326 e. The molecular weight excluding hydrogens is 349 g/mol. The summed E-state index contributed by atoms with van der Waals surface area (Å²) in [5.41, 5.74) is 0.270. The molecule has 2 aromatic rings. The Morgan fingerprint density at radius 2 is 1.84 bits per heavy atom. The summed E-state index contributed by atoms with van der Waals surface area (Å²) >= 11 is 0. The molecule has 0 unspecified atom stereocenters. The average Bonchev–Trinajstić information content (AvgIpc) is 2.60. The second kappa shape index (κ2) is 7.98. The van der Waals surface area contributed by atoms with Gasteiger partial charge in [0.2, 0.25) is 0 Å². The molecule has 0 amide bonds. The number of methoxy groups -OCH3 is 1. The van der Waals surface area contributed by atoms with Gasteiger partial charge >= 0.3 is 5.97 Å². The monoisotopic (exact) mass is 367 g/mol. The number of carbonyl (C=O) groups excluding carboxylic acids is 1. The minimum Gasteiger partial charge on any atom is -0.494 e. The van der Waals surface area contributed by atoms with Crippen molar-refractivity contribution in [1.82, 2.24) is 0 Å². The van der Waals surface area contributed by atoms with Gasteiger partial charge in [0.25, 0.3) is 10.0 Å². The van der Waals surface area contributed by atoms with Crippen molar-refractivity contribution in [2.24, 2.45) is 0 Å². The van der Waals surface area contributed by atoms with Crippen LogP contribution in [0.2, 0.25) is 0 Å². The molecule has 2 rings (SSSR count). The Morgan fingerprint density at radius 3 is 2.40 bits per heavy atom. The maximum absolute atomic E-state index is 13.9. The zero-order valence-electron chi connectivity index (χ0n) is 13.8. The van der Waals surface area contributed by atoms with Crippen molar-refractivity contribution in [2.75, 3.05) is 24.6 Å². The quantitative estimate of drug-likeness (QED) is 0.704. The van der Waals surface area contributed by atoms with Gasteiger partial charge in [-0.3, -0.25) is 9.10 Å². The van der Waals surface area contributed by atoms with Gasteiger partial charge in [-0.25, -0.2) is 12.8 Å². The van der Waals surface area contributed by atoms with Crippen molar-refractivity contribution < 1.29 is 27.1 Å². The summed E-state index contributed by atoms with van der Waals surface area (Å²) in [6.07, 6.45) is 0. The van der Waals surface area contributed by atoms with Crippen molar-refractivity contribution in [1.29, 1.82) is 0 Å². The number of nitrogens with zero attached hydrogens (tertiary/aromatic N) is 1. The molecule has 0 spiro atoms. The van der Waals surface area contributed by atoms with Crippen LogP contribution in [0.1, 0.15) is 6.92 Å². The third-order valence-corrected chi connectivity index (χ3v) is 5.10. The number of ether oxygens (including phenoxy) is 2. The van der Waals surface area contributed by atoms with Crippen molar-refractivity contribution in [3.05, 3.63) is 54.3 Å². The van der Waals surface area contributed by atoms with E-state index in [2.05, 4.69) is 0 Å². The van der Waals surface area contributed by atoms with Crippen LogP contribution in [-0.2, 0) is 19.6 Å². The number of hydrogen-bond acceptors (Lipinski definition) is 5. The topological polar surface area (TPSA) is 72.9 Å². The zero-order chi connectivity index (χ0) is 18.4. The lowest BCUT2D eigenvalue weighted by atomic mass is 10.3. The zero-order valence-corrected chi connectivity index (χ0v) is 14.6. The fourth-order valence-electron chi connectivity index (χ4n) is 2.17. The van der Waals surface area contributed by atoms with Crippen molar-refractivity contribution in [3.63, 3.8) is 0 Å². The van der Waals surface area contributed by atoms with E-state index in [1.807, 2.05) is 0 Å². The molecular formula is C17H18FNO5S. The third kappa shape index (κ3) is 4.27. The van der Waals surface area contributed by atoms with E-state index < -0.39 is 28.4 Å². The Balaban J connectivity index is 2.47. The van der Waals surface area contributed by atoms with E-state index in [1.54, 1.807) is 25.1 Å². The van der Waals surface area contributed by atoms with E-state index >= 15 is 0 Å². The van der Waals surface area contributed by atoms with Crippen LogP contribution >= 0.6 is 0 Å². The number of hydrogen-bond donors (Lipinski definition) is 0. The number of halogens is 1. The largest absolute Gasteiger partial charge is 0.494 e. The number of rotatable bonds is 7. The molecule has 0 aliphatic heterocycles. The van der Waals surface area contributed by atoms with E-state index in [-0.39, 0.29) is 22.9 Å². The first-order valence-corrected chi connectivity index (χ1v) is 8.91. The van der Waals surface area contributed by atoms with Crippen LogP contribution in [0.3, 0.4) is 0 Å². The first kappa shape index (κ1) is 18.7. The summed E-state index contributed by atoms with van der Waals surface area (Å²) in [7, 11) is -2.90. The Kier molecular flexibility index (Phi) is 5.97. The van der Waals surface area contributed by atoms with Gasteiger partial charge in [0.15, 0.2) is 11.6 Å². The highest BCUT2D eigenvalue weighted by Crippen LogP contribution is 2.26. The van der Waals surface area contributed by atoms with Gasteiger partial charge in [0.1, 0.15) is 6.54 Å². The third-order valence-electron chi connectivity index (χ3n) is 3.33. The number of sulfonamides is 1. The maximum atomic E-state index is 13.9. The summed E-state index contributed by atoms with van der Waals surface area (Å²) in [5.74, 6) is -1.59. The lowest BCUT2D eigenvalue weighted by Gasteiger charge is -2.23. The summed E-state index contributed by atoms with van der Waals surface area (Å²) in [5, 5.41) is 0. The Bertz CT molecular complexity index is 839. The van der Waals surface area contributed by atoms with Crippen molar-refractivity contribution >= 4 is 21.7 Å². The van der Waals surface area contributed by atoms with Gasteiger partial charge < -0.3 is 9.47 Å². The molecule has 0 saturated carbocycles. The number of carbonyl (C=O) groups is 1. The summed E-state index contributed by atoms with van der Waals surface area (Å²) in [6, 6.07) is 11.4. The first-order valence-electron chi connectivity index (χ1n) is 7.47. The van der Waals surface area contributed by atoms with E-state index in [1.165, 1.54) is 31.4 Å². The molecule has 25 heavy (non-hydrogen) atoms. The molecule has 0 bridgehead atoms. The normalized spacial score (nSPS) is 11.0. The summed E-state index contributed by atoms with van der Waals surface area (Å²) in [6.45, 7) is 1.23. The van der Waals surface area contributed by atoms with Gasteiger partial charge in [-0.05, 0) is 37.3 Å². The predicted octanol–water partition coefficient (Wildman–Crippen LogP) is 2.59. The van der Waals surface area contributed by atoms with E-state index in [4.69, 9.17) is 9.47 Å². The molecule has 134 valence electrons. The molecule has 0 saturated heterocycles. The molecule has 0 aliphatic rings. The first-order chi connectivity index (χ1) is 11.9. The minimum absolute atomic E-state index is 0.0735. The molecule has 8 heteroatoms. The van der Waals surface area contributed by atoms with Crippen LogP contribution in [0.4, 0.5) is 10.1 Å². The average molecular weight is 367 g/mol. The lowest BCUT2D eigenvalue weighted by molar-refractivity contribution is -0.141. The molecule has 0 N–H and O–H groups in total. The van der Waals surface area contributed by atoms with Crippen LogP contribution in [-0.4, -0.2) is 34.6 Å². The number of benzene rings is 2. The fourth-order valence-corrected chi connectivity index (χ4v) is 3.59. The van der Waals surface area contributed by atoms with Crippen LogP contribution in [0.15, 0.2) is 53.4 Å². The highest BCUT2D eigenvalue weighted by atomic mass is 32.2. The molecule has 6 nitrogen and oxygen atoms in total. The highest BCUT2D eigenvalue weighted by molar-refractivity contribution is 7.92. The summed E-state index contributed by atoms with van der Waals surface area (Å²) in [4.78, 5) is 11.6. The minimum atomic E-state index is -4.18. The Labute approximate surface area is 145 Å². The molecule has 0 heterocycles. The lowest BCUT2D eigenvalue weighted by Crippen LogP contribution is -2.36. The van der Waals surface area contributed by atoms with Crippen molar-refractivity contribution in [3.8, 4) is 5.75 Å². The molecule has 0 radical (unpaired) electrons. The van der Waals surface area contributed by atoms with Crippen LogP contribution < -0.4 is 9.04 Å². The van der Waals surface area contributed by atoms with Gasteiger partial charge in [-0.15, -0.1) is 0 Å². The second-order valence-corrected chi connectivity index (χ2v) is 6.81. The summed E-state index contributed by atoms with van der Waals surface area (Å²) < 4.78 is 50.3. The van der Waals surface area contributed by atoms with Gasteiger partial charge in [-0.1, -0.05) is 18.2 Å². The van der Waals surface area contributed by atoms with Crippen LogP contribution in [0.5, 0.6) is 5.75 Å². The van der Waals surface area contributed by atoms with Gasteiger partial charge in [0, 0.05) is 0 Å². The molecule has 0 aromatic heterocycles. The molecule has 0 atom stereocenters. The Morgan fingerprint density at radius 1 is 1.16 bits per heavy atom. The van der Waals surface area contributed by atoms with E-state index in [0.29, 0.717) is 0 Å². The predicted molar refractivity (Wildman–Crippen MR) is 90.6 cm³/mol. The van der Waals surface area contributed by atoms with Crippen LogP contribution in [0.25, 0.3) is 0 Å². The second-order valence-electron chi connectivity index (χ2n) is 4.95. The standard InChI is InChI=1S/C17H18FNO5S/c1-3-24-17(20)12-19(13-7-5-4-6-8-13)25(21,22)14-9-10-16(23-2)15(18)11-14/h4-11H,3,12H2,1-2H3. The molecule has 2 aromatic carbocycles. The Hall–Kier alpha value is -2.61. The molecule has 0 aliphatic carbocycles. The SMILES string of the molecule is CCOC(=O)CN(c1ccccc1)S(=O)(=O)c1ccc(OC)c(F)c1. The number of esters is 1. The number of anilines is 1. The smallest absolute Gasteiger partial charge is 0.326 e. The van der Waals surface area contributed by atoms with Gasteiger partial charge in [0.05, 0.1) is 24.3 Å². The van der Waals surface area contributed by atoms with E-state index in [9.17, 15) is 17.6 Å². The number of para-hydroxylation sites is 1.